The Kier molecular flexibility index (Phi) is 3.99. The van der Waals surface area contributed by atoms with Crippen molar-refractivity contribution in [3.05, 3.63) is 60.0 Å². The van der Waals surface area contributed by atoms with Gasteiger partial charge in [-0.1, -0.05) is 17.3 Å². The molecule has 3 rings (SSSR count). The van der Waals surface area contributed by atoms with Crippen LogP contribution in [0.25, 0.3) is 5.69 Å². The fraction of sp³-hybridized carbons (Fsp3) is 0.267. The smallest absolute Gasteiger partial charge is 0.244 e. The molecule has 8 heteroatoms. The zero-order valence-electron chi connectivity index (χ0n) is 12.7. The molecule has 1 aromatic carbocycles. The molecule has 0 saturated carbocycles. The van der Waals surface area contributed by atoms with E-state index >= 15 is 0 Å². The lowest BCUT2D eigenvalue weighted by Gasteiger charge is -2.09. The van der Waals surface area contributed by atoms with Gasteiger partial charge in [-0.05, 0) is 37.6 Å². The van der Waals surface area contributed by atoms with Crippen LogP contribution in [0.1, 0.15) is 29.5 Å². The van der Waals surface area contributed by atoms with Crippen LogP contribution >= 0.6 is 0 Å². The molecule has 2 aromatic heterocycles. The van der Waals surface area contributed by atoms with Crippen molar-refractivity contribution in [2.75, 3.05) is 0 Å². The first kappa shape index (κ1) is 15.4. The summed E-state index contributed by atoms with van der Waals surface area (Å²) >= 11 is 0. The summed E-state index contributed by atoms with van der Waals surface area (Å²) in [4.78, 5) is 4.00. The standard InChI is InChI=1S/C15H16N4O3S/c1-11(15-17-12(2)18-22-15)23(20,21)10-13-4-6-14(7-5-13)19-9-3-8-16-19/h3-9,11H,10H2,1-2H3. The van der Waals surface area contributed by atoms with E-state index in [1.165, 1.54) is 0 Å². The number of aryl methyl sites for hydroxylation is 1. The van der Waals surface area contributed by atoms with E-state index in [1.54, 1.807) is 36.9 Å². The van der Waals surface area contributed by atoms with Gasteiger partial charge in [0.2, 0.25) is 5.89 Å². The summed E-state index contributed by atoms with van der Waals surface area (Å²) in [7, 11) is -3.44. The topological polar surface area (TPSA) is 90.9 Å². The first-order valence-electron chi connectivity index (χ1n) is 7.06. The summed E-state index contributed by atoms with van der Waals surface area (Å²) in [6.07, 6.45) is 3.51. The average Bonchev–Trinajstić information content (AvgIpc) is 3.18. The molecule has 23 heavy (non-hydrogen) atoms. The highest BCUT2D eigenvalue weighted by Gasteiger charge is 2.27. The third-order valence-corrected chi connectivity index (χ3v) is 5.52. The predicted octanol–water partition coefficient (Wildman–Crippen LogP) is 2.24. The summed E-state index contributed by atoms with van der Waals surface area (Å²) in [5, 5.41) is 6.93. The van der Waals surface area contributed by atoms with Crippen LogP contribution in [-0.2, 0) is 15.6 Å². The largest absolute Gasteiger partial charge is 0.338 e. The van der Waals surface area contributed by atoms with Crippen molar-refractivity contribution in [1.29, 1.82) is 0 Å². The zero-order valence-corrected chi connectivity index (χ0v) is 13.6. The Morgan fingerprint density at radius 2 is 2.00 bits per heavy atom. The van der Waals surface area contributed by atoms with Crippen molar-refractivity contribution in [3.63, 3.8) is 0 Å². The van der Waals surface area contributed by atoms with E-state index in [2.05, 4.69) is 15.2 Å². The van der Waals surface area contributed by atoms with Crippen LogP contribution in [0, 0.1) is 6.92 Å². The summed E-state index contributed by atoms with van der Waals surface area (Å²) in [5.41, 5.74) is 1.57. The van der Waals surface area contributed by atoms with Gasteiger partial charge in [0.25, 0.3) is 0 Å². The van der Waals surface area contributed by atoms with Crippen molar-refractivity contribution in [3.8, 4) is 5.69 Å². The van der Waals surface area contributed by atoms with Crippen molar-refractivity contribution in [2.24, 2.45) is 0 Å². The van der Waals surface area contributed by atoms with Crippen molar-refractivity contribution in [1.82, 2.24) is 19.9 Å². The molecule has 3 aromatic rings. The van der Waals surface area contributed by atoms with Gasteiger partial charge in [-0.25, -0.2) is 13.1 Å². The molecule has 120 valence electrons. The van der Waals surface area contributed by atoms with Crippen LogP contribution in [0.3, 0.4) is 0 Å². The fourth-order valence-electron chi connectivity index (χ4n) is 2.16. The third kappa shape index (κ3) is 3.31. The van der Waals surface area contributed by atoms with Gasteiger partial charge in [0.05, 0.1) is 11.4 Å². The summed E-state index contributed by atoms with van der Waals surface area (Å²) in [6.45, 7) is 3.21. The van der Waals surface area contributed by atoms with E-state index < -0.39 is 15.1 Å². The normalized spacial score (nSPS) is 13.1. The van der Waals surface area contributed by atoms with Crippen molar-refractivity contribution >= 4 is 9.84 Å². The minimum Gasteiger partial charge on any atom is -0.338 e. The molecular weight excluding hydrogens is 316 g/mol. The van der Waals surface area contributed by atoms with Crippen LogP contribution in [-0.4, -0.2) is 28.3 Å². The van der Waals surface area contributed by atoms with Crippen LogP contribution in [0.2, 0.25) is 0 Å². The average molecular weight is 332 g/mol. The first-order valence-corrected chi connectivity index (χ1v) is 8.78. The maximum Gasteiger partial charge on any atom is 0.244 e. The molecule has 2 heterocycles. The number of hydrogen-bond acceptors (Lipinski definition) is 6. The molecule has 1 atom stereocenters. The molecule has 0 fully saturated rings. The molecule has 0 aliphatic heterocycles. The van der Waals surface area contributed by atoms with Gasteiger partial charge in [-0.15, -0.1) is 0 Å². The van der Waals surface area contributed by atoms with Crippen molar-refractivity contribution < 1.29 is 12.9 Å². The third-order valence-electron chi connectivity index (χ3n) is 3.50. The number of sulfone groups is 1. The minimum atomic E-state index is -3.44. The molecule has 1 unspecified atom stereocenters. The molecule has 0 aliphatic carbocycles. The number of hydrogen-bond donors (Lipinski definition) is 0. The van der Waals surface area contributed by atoms with Crippen molar-refractivity contribution in [2.45, 2.75) is 24.9 Å². The summed E-state index contributed by atoms with van der Waals surface area (Å²) < 4.78 is 31.6. The molecule has 0 radical (unpaired) electrons. The van der Waals surface area contributed by atoms with E-state index in [1.807, 2.05) is 24.4 Å². The molecule has 0 spiro atoms. The fourth-order valence-corrected chi connectivity index (χ4v) is 3.47. The number of rotatable bonds is 5. The highest BCUT2D eigenvalue weighted by molar-refractivity contribution is 7.90. The van der Waals surface area contributed by atoms with Gasteiger partial charge in [0.1, 0.15) is 5.25 Å². The number of aromatic nitrogens is 4. The van der Waals surface area contributed by atoms with Gasteiger partial charge < -0.3 is 4.52 Å². The lowest BCUT2D eigenvalue weighted by Crippen LogP contribution is -2.13. The lowest BCUT2D eigenvalue weighted by atomic mass is 10.2. The second-order valence-electron chi connectivity index (χ2n) is 5.25. The number of benzene rings is 1. The highest BCUT2D eigenvalue weighted by atomic mass is 32.2. The quantitative estimate of drug-likeness (QED) is 0.711. The van der Waals surface area contributed by atoms with Gasteiger partial charge in [-0.2, -0.15) is 10.1 Å². The molecule has 0 bridgehead atoms. The molecule has 0 amide bonds. The van der Waals surface area contributed by atoms with Gasteiger partial charge in [0, 0.05) is 12.4 Å². The zero-order chi connectivity index (χ0) is 16.4. The Labute approximate surface area is 133 Å². The molecule has 0 saturated heterocycles. The Hall–Kier alpha value is -2.48. The number of nitrogens with zero attached hydrogens (tertiary/aromatic N) is 4. The lowest BCUT2D eigenvalue weighted by molar-refractivity contribution is 0.373. The monoisotopic (exact) mass is 332 g/mol. The van der Waals surface area contributed by atoms with Crippen LogP contribution in [0.15, 0.2) is 47.2 Å². The summed E-state index contributed by atoms with van der Waals surface area (Å²) in [6, 6.07) is 9.05. The predicted molar refractivity (Wildman–Crippen MR) is 83.6 cm³/mol. The SMILES string of the molecule is Cc1noc(C(C)S(=O)(=O)Cc2ccc(-n3cccn3)cc2)n1. The molecule has 7 nitrogen and oxygen atoms in total. The first-order chi connectivity index (χ1) is 11.0. The second kappa shape index (κ2) is 5.96. The van der Waals surface area contributed by atoms with Gasteiger partial charge >= 0.3 is 0 Å². The highest BCUT2D eigenvalue weighted by Crippen LogP contribution is 2.24. The second-order valence-corrected chi connectivity index (χ2v) is 7.57. The summed E-state index contributed by atoms with van der Waals surface area (Å²) in [5.74, 6) is 0.455. The molecule has 0 N–H and O–H groups in total. The van der Waals surface area contributed by atoms with Gasteiger partial charge in [-0.3, -0.25) is 0 Å². The van der Waals surface area contributed by atoms with E-state index in [9.17, 15) is 8.42 Å². The maximum atomic E-state index is 12.5. The van der Waals surface area contributed by atoms with E-state index in [0.717, 1.165) is 5.69 Å². The van der Waals surface area contributed by atoms with Crippen LogP contribution < -0.4 is 0 Å². The Morgan fingerprint density at radius 3 is 2.57 bits per heavy atom. The maximum absolute atomic E-state index is 12.5. The Morgan fingerprint density at radius 1 is 1.26 bits per heavy atom. The molecule has 0 aliphatic rings. The minimum absolute atomic E-state index is 0.0883. The van der Waals surface area contributed by atoms with E-state index in [0.29, 0.717) is 11.4 Å². The Balaban J connectivity index is 1.78. The van der Waals surface area contributed by atoms with E-state index in [4.69, 9.17) is 4.52 Å². The van der Waals surface area contributed by atoms with Gasteiger partial charge in [0.15, 0.2) is 15.7 Å². The van der Waals surface area contributed by atoms with Crippen LogP contribution in [0.5, 0.6) is 0 Å². The Bertz CT molecular complexity index is 883. The van der Waals surface area contributed by atoms with Crippen LogP contribution in [0.4, 0.5) is 0 Å². The molecular formula is C15H16N4O3S. The van der Waals surface area contributed by atoms with E-state index in [-0.39, 0.29) is 11.6 Å².